The maximum atomic E-state index is 15.6. The van der Waals surface area contributed by atoms with E-state index in [1.165, 1.54) is 12.1 Å². The SMILES string of the molecule is CC(C)[C@H](NC(=O)OC(C)(C)C)[C@](NP(=O)(c1ccccc1)c1ccccc1)(c1ccccc1)c1ccc(F)cc1. The fourth-order valence-electron chi connectivity index (χ4n) is 5.15. The number of alkyl carbamates (subject to hydrolysis) is 1. The summed E-state index contributed by atoms with van der Waals surface area (Å²) in [6.07, 6.45) is -0.602. The molecule has 214 valence electrons. The van der Waals surface area contributed by atoms with Gasteiger partial charge in [0.15, 0.2) is 0 Å². The summed E-state index contributed by atoms with van der Waals surface area (Å²) in [7, 11) is -3.60. The summed E-state index contributed by atoms with van der Waals surface area (Å²) in [5.74, 6) is -0.577. The summed E-state index contributed by atoms with van der Waals surface area (Å²) in [5, 5.41) is 7.96. The molecule has 0 aliphatic heterocycles. The normalized spacial score (nSPS) is 14.2. The minimum Gasteiger partial charge on any atom is -0.444 e. The van der Waals surface area contributed by atoms with Crippen molar-refractivity contribution in [2.45, 2.75) is 51.8 Å². The topological polar surface area (TPSA) is 67.4 Å². The van der Waals surface area contributed by atoms with E-state index < -0.39 is 36.4 Å². The van der Waals surface area contributed by atoms with Gasteiger partial charge in [-0.25, -0.2) is 14.3 Å². The third-order valence-corrected chi connectivity index (χ3v) is 9.63. The van der Waals surface area contributed by atoms with E-state index in [9.17, 15) is 9.18 Å². The predicted octanol–water partition coefficient (Wildman–Crippen LogP) is 7.14. The van der Waals surface area contributed by atoms with Crippen LogP contribution in [-0.2, 0) is 14.8 Å². The molecule has 2 atom stereocenters. The number of hydrogen-bond donors (Lipinski definition) is 2. The van der Waals surface area contributed by atoms with Crippen molar-refractivity contribution in [1.29, 1.82) is 0 Å². The predicted molar refractivity (Wildman–Crippen MR) is 165 cm³/mol. The quantitative estimate of drug-likeness (QED) is 0.209. The summed E-state index contributed by atoms with van der Waals surface area (Å²) < 4.78 is 35.6. The van der Waals surface area contributed by atoms with E-state index in [-0.39, 0.29) is 5.92 Å². The van der Waals surface area contributed by atoms with Crippen LogP contribution in [-0.4, -0.2) is 17.7 Å². The summed E-state index contributed by atoms with van der Waals surface area (Å²) in [4.78, 5) is 13.4. The monoisotopic (exact) mass is 572 g/mol. The van der Waals surface area contributed by atoms with Crippen molar-refractivity contribution in [2.75, 3.05) is 0 Å². The van der Waals surface area contributed by atoms with Gasteiger partial charge in [-0.15, -0.1) is 0 Å². The van der Waals surface area contributed by atoms with Crippen LogP contribution in [0.15, 0.2) is 115 Å². The van der Waals surface area contributed by atoms with Gasteiger partial charge in [-0.3, -0.25) is 4.57 Å². The van der Waals surface area contributed by atoms with Gasteiger partial charge >= 0.3 is 6.09 Å². The Morgan fingerprint density at radius 2 is 1.17 bits per heavy atom. The van der Waals surface area contributed by atoms with Gasteiger partial charge in [-0.1, -0.05) is 92.7 Å². The Labute approximate surface area is 242 Å². The van der Waals surface area contributed by atoms with Gasteiger partial charge in [-0.2, -0.15) is 0 Å². The summed E-state index contributed by atoms with van der Waals surface area (Å²) in [5.41, 5.74) is -0.602. The second-order valence-electron chi connectivity index (χ2n) is 11.4. The maximum Gasteiger partial charge on any atom is 0.407 e. The largest absolute Gasteiger partial charge is 0.444 e. The minimum atomic E-state index is -3.60. The molecule has 0 aliphatic rings. The van der Waals surface area contributed by atoms with Crippen molar-refractivity contribution in [3.05, 3.63) is 132 Å². The average molecular weight is 573 g/mol. The van der Waals surface area contributed by atoms with Crippen molar-refractivity contribution in [2.24, 2.45) is 5.92 Å². The molecule has 0 unspecified atom stereocenters. The highest BCUT2D eigenvalue weighted by Crippen LogP contribution is 2.48. The lowest BCUT2D eigenvalue weighted by Crippen LogP contribution is -2.62. The molecule has 4 aromatic rings. The third-order valence-electron chi connectivity index (χ3n) is 6.91. The van der Waals surface area contributed by atoms with Gasteiger partial charge in [0.1, 0.15) is 11.4 Å². The first-order valence-corrected chi connectivity index (χ1v) is 15.5. The minimum absolute atomic E-state index is 0.180. The van der Waals surface area contributed by atoms with Gasteiger partial charge in [0, 0.05) is 10.6 Å². The molecule has 0 spiro atoms. The number of carbonyl (C=O) groups is 1. The van der Waals surface area contributed by atoms with Gasteiger partial charge in [0.05, 0.1) is 11.6 Å². The molecule has 0 saturated heterocycles. The zero-order valence-electron chi connectivity index (χ0n) is 24.2. The van der Waals surface area contributed by atoms with E-state index in [1.54, 1.807) is 32.9 Å². The highest BCUT2D eigenvalue weighted by molar-refractivity contribution is 7.77. The first-order chi connectivity index (χ1) is 19.5. The van der Waals surface area contributed by atoms with Crippen molar-refractivity contribution in [3.8, 4) is 0 Å². The molecule has 0 radical (unpaired) electrons. The summed E-state index contributed by atoms with van der Waals surface area (Å²) in [6.45, 7) is 9.39. The highest BCUT2D eigenvalue weighted by atomic mass is 31.2. The lowest BCUT2D eigenvalue weighted by molar-refractivity contribution is 0.0457. The molecule has 4 aromatic carbocycles. The van der Waals surface area contributed by atoms with E-state index in [4.69, 9.17) is 4.74 Å². The van der Waals surface area contributed by atoms with Crippen LogP contribution in [0, 0.1) is 11.7 Å². The van der Waals surface area contributed by atoms with E-state index in [0.29, 0.717) is 16.2 Å². The first-order valence-electron chi connectivity index (χ1n) is 13.8. The van der Waals surface area contributed by atoms with Crippen LogP contribution in [0.1, 0.15) is 45.7 Å². The number of nitrogens with one attached hydrogen (secondary N) is 2. The van der Waals surface area contributed by atoms with Crippen molar-refractivity contribution >= 4 is 24.0 Å². The van der Waals surface area contributed by atoms with Crippen LogP contribution >= 0.6 is 7.29 Å². The molecule has 41 heavy (non-hydrogen) atoms. The molecule has 0 bridgehead atoms. The molecule has 0 aliphatic carbocycles. The summed E-state index contributed by atoms with van der Waals surface area (Å²) >= 11 is 0. The average Bonchev–Trinajstić information content (AvgIpc) is 2.95. The third kappa shape index (κ3) is 6.78. The summed E-state index contributed by atoms with van der Waals surface area (Å²) in [6, 6.07) is 33.6. The van der Waals surface area contributed by atoms with Crippen molar-refractivity contribution in [3.63, 3.8) is 0 Å². The van der Waals surface area contributed by atoms with Gasteiger partial charge in [0.2, 0.25) is 7.29 Å². The molecular weight excluding hydrogens is 534 g/mol. The van der Waals surface area contributed by atoms with Crippen LogP contribution in [0.2, 0.25) is 0 Å². The molecule has 1 amide bonds. The number of hydrogen-bond acceptors (Lipinski definition) is 3. The van der Waals surface area contributed by atoms with Crippen LogP contribution in [0.5, 0.6) is 0 Å². The molecule has 0 heterocycles. The number of halogens is 1. The standard InChI is InChI=1S/C34H38FN2O3P/c1-25(2)31(36-32(38)40-33(3,4)5)34(26-15-9-6-10-16-26,27-21-23-28(35)24-22-27)37-41(39,29-17-11-7-12-18-29)30-19-13-8-14-20-30/h6-25,31H,1-5H3,(H,36,38)(H,37,39)/t31-,34-/m0/s1. The Bertz CT molecular complexity index is 1430. The Morgan fingerprint density at radius 1 is 0.732 bits per heavy atom. The number of rotatable bonds is 9. The Morgan fingerprint density at radius 3 is 1.61 bits per heavy atom. The van der Waals surface area contributed by atoms with Crippen LogP contribution < -0.4 is 21.0 Å². The molecular formula is C34H38FN2O3P. The van der Waals surface area contributed by atoms with Crippen LogP contribution in [0.4, 0.5) is 9.18 Å². The zero-order valence-corrected chi connectivity index (χ0v) is 25.1. The molecule has 0 fully saturated rings. The first kappa shape index (κ1) is 30.2. The molecule has 0 aromatic heterocycles. The van der Waals surface area contributed by atoms with E-state index in [1.807, 2.05) is 105 Å². The Hall–Kier alpha value is -3.73. The van der Waals surface area contributed by atoms with Crippen LogP contribution in [0.3, 0.4) is 0 Å². The Balaban J connectivity index is 2.05. The fraction of sp³-hybridized carbons (Fsp3) is 0.265. The maximum absolute atomic E-state index is 15.6. The molecule has 7 heteroatoms. The lowest BCUT2D eigenvalue weighted by atomic mass is 9.73. The number of amides is 1. The van der Waals surface area contributed by atoms with E-state index in [0.717, 1.165) is 5.56 Å². The van der Waals surface area contributed by atoms with Gasteiger partial charge in [-0.05, 0) is 74.2 Å². The second-order valence-corrected chi connectivity index (χ2v) is 13.9. The molecule has 2 N–H and O–H groups in total. The smallest absolute Gasteiger partial charge is 0.407 e. The highest BCUT2D eigenvalue weighted by Gasteiger charge is 2.49. The molecule has 5 nitrogen and oxygen atoms in total. The lowest BCUT2D eigenvalue weighted by Gasteiger charge is -2.47. The molecule has 4 rings (SSSR count). The fourth-order valence-corrected chi connectivity index (χ4v) is 7.78. The van der Waals surface area contributed by atoms with E-state index >= 15 is 4.57 Å². The number of carbonyl (C=O) groups excluding carboxylic acids is 1. The number of benzene rings is 4. The van der Waals surface area contributed by atoms with E-state index in [2.05, 4.69) is 10.4 Å². The van der Waals surface area contributed by atoms with Crippen molar-refractivity contribution in [1.82, 2.24) is 10.4 Å². The number of ether oxygens (including phenoxy) is 1. The van der Waals surface area contributed by atoms with Crippen molar-refractivity contribution < 1.29 is 18.5 Å². The zero-order chi connectivity index (χ0) is 29.7. The second kappa shape index (κ2) is 12.4. The Kier molecular flexibility index (Phi) is 9.16. The van der Waals surface area contributed by atoms with Gasteiger partial charge in [0.25, 0.3) is 0 Å². The molecule has 0 saturated carbocycles. The van der Waals surface area contributed by atoms with Gasteiger partial charge < -0.3 is 10.1 Å². The van der Waals surface area contributed by atoms with Crippen LogP contribution in [0.25, 0.3) is 0 Å².